The molecule has 2 rings (SSSR count). The summed E-state index contributed by atoms with van der Waals surface area (Å²) in [7, 11) is 0. The summed E-state index contributed by atoms with van der Waals surface area (Å²) in [5, 5.41) is 0. The summed E-state index contributed by atoms with van der Waals surface area (Å²) in [5.74, 6) is 2.44. The minimum absolute atomic E-state index is 0.169. The first-order valence-electron chi connectivity index (χ1n) is 6.34. The normalized spacial score (nSPS) is 25.5. The van der Waals surface area contributed by atoms with Gasteiger partial charge < -0.3 is 5.73 Å². The minimum Gasteiger partial charge on any atom is -0.326 e. The SMILES string of the molecule is CC(N)C(c1ccccc1)N1CCSCC1C. The van der Waals surface area contributed by atoms with E-state index >= 15 is 0 Å². The van der Waals surface area contributed by atoms with Crippen molar-refractivity contribution in [2.24, 2.45) is 5.73 Å². The molecule has 1 aromatic rings. The Kier molecular flexibility index (Phi) is 4.48. The first kappa shape index (κ1) is 12.9. The van der Waals surface area contributed by atoms with Crippen molar-refractivity contribution in [3.63, 3.8) is 0 Å². The van der Waals surface area contributed by atoms with E-state index in [0.29, 0.717) is 12.1 Å². The zero-order valence-electron chi connectivity index (χ0n) is 10.7. The maximum atomic E-state index is 6.21. The molecule has 0 aliphatic carbocycles. The molecule has 3 heteroatoms. The summed E-state index contributed by atoms with van der Waals surface area (Å²) in [4.78, 5) is 2.57. The predicted molar refractivity (Wildman–Crippen MR) is 76.3 cm³/mol. The molecule has 0 spiro atoms. The summed E-state index contributed by atoms with van der Waals surface area (Å²) < 4.78 is 0. The molecule has 94 valence electrons. The number of hydrogen-bond donors (Lipinski definition) is 1. The lowest BCUT2D eigenvalue weighted by Gasteiger charge is -2.41. The molecule has 0 radical (unpaired) electrons. The topological polar surface area (TPSA) is 29.3 Å². The second kappa shape index (κ2) is 5.89. The number of rotatable bonds is 3. The Morgan fingerprint density at radius 3 is 2.65 bits per heavy atom. The number of hydrogen-bond acceptors (Lipinski definition) is 3. The minimum atomic E-state index is 0.169. The van der Waals surface area contributed by atoms with Crippen LogP contribution in [0.2, 0.25) is 0 Å². The van der Waals surface area contributed by atoms with Crippen molar-refractivity contribution in [3.05, 3.63) is 35.9 Å². The summed E-state index contributed by atoms with van der Waals surface area (Å²) in [6.07, 6.45) is 0. The van der Waals surface area contributed by atoms with Gasteiger partial charge in [-0.05, 0) is 19.4 Å². The van der Waals surface area contributed by atoms with Gasteiger partial charge in [0.2, 0.25) is 0 Å². The zero-order valence-corrected chi connectivity index (χ0v) is 11.5. The fourth-order valence-electron chi connectivity index (χ4n) is 2.60. The van der Waals surface area contributed by atoms with Gasteiger partial charge in [0.25, 0.3) is 0 Å². The quantitative estimate of drug-likeness (QED) is 0.894. The lowest BCUT2D eigenvalue weighted by atomic mass is 9.98. The highest BCUT2D eigenvalue weighted by atomic mass is 32.2. The number of nitrogens with zero attached hydrogens (tertiary/aromatic N) is 1. The number of thioether (sulfide) groups is 1. The molecule has 2 nitrogen and oxygen atoms in total. The largest absolute Gasteiger partial charge is 0.326 e. The van der Waals surface area contributed by atoms with Gasteiger partial charge in [-0.1, -0.05) is 30.3 Å². The van der Waals surface area contributed by atoms with Gasteiger partial charge in [0.05, 0.1) is 0 Å². The third-order valence-electron chi connectivity index (χ3n) is 3.42. The Hall–Kier alpha value is -0.510. The van der Waals surface area contributed by atoms with E-state index in [1.807, 2.05) is 11.8 Å². The van der Waals surface area contributed by atoms with Crippen molar-refractivity contribution < 1.29 is 0 Å². The van der Waals surface area contributed by atoms with E-state index in [-0.39, 0.29) is 6.04 Å². The Morgan fingerprint density at radius 1 is 1.35 bits per heavy atom. The van der Waals surface area contributed by atoms with Gasteiger partial charge in [0.1, 0.15) is 0 Å². The second-order valence-corrected chi connectivity index (χ2v) is 6.03. The van der Waals surface area contributed by atoms with Crippen LogP contribution in [-0.2, 0) is 0 Å². The van der Waals surface area contributed by atoms with Gasteiger partial charge in [-0.2, -0.15) is 11.8 Å². The lowest BCUT2D eigenvalue weighted by molar-refractivity contribution is 0.143. The van der Waals surface area contributed by atoms with Gasteiger partial charge in [0.15, 0.2) is 0 Å². The molecule has 0 saturated carbocycles. The van der Waals surface area contributed by atoms with Crippen LogP contribution in [0, 0.1) is 0 Å². The number of benzene rings is 1. The fraction of sp³-hybridized carbons (Fsp3) is 0.571. The highest BCUT2D eigenvalue weighted by Gasteiger charge is 2.29. The summed E-state index contributed by atoms with van der Waals surface area (Å²) in [5.41, 5.74) is 7.56. The highest BCUT2D eigenvalue weighted by molar-refractivity contribution is 7.99. The van der Waals surface area contributed by atoms with E-state index in [2.05, 4.69) is 49.1 Å². The molecule has 0 bridgehead atoms. The van der Waals surface area contributed by atoms with Crippen LogP contribution in [0.15, 0.2) is 30.3 Å². The van der Waals surface area contributed by atoms with Crippen molar-refractivity contribution in [1.82, 2.24) is 4.90 Å². The van der Waals surface area contributed by atoms with Crippen molar-refractivity contribution in [1.29, 1.82) is 0 Å². The van der Waals surface area contributed by atoms with Crippen molar-refractivity contribution in [3.8, 4) is 0 Å². The van der Waals surface area contributed by atoms with Gasteiger partial charge in [-0.3, -0.25) is 4.90 Å². The molecule has 1 aromatic carbocycles. The monoisotopic (exact) mass is 250 g/mol. The van der Waals surface area contributed by atoms with Crippen LogP contribution in [0.25, 0.3) is 0 Å². The Balaban J connectivity index is 2.22. The molecular weight excluding hydrogens is 228 g/mol. The molecule has 0 aromatic heterocycles. The first-order valence-corrected chi connectivity index (χ1v) is 7.49. The Bertz CT molecular complexity index is 339. The van der Waals surface area contributed by atoms with Crippen molar-refractivity contribution in [2.45, 2.75) is 32.0 Å². The molecule has 1 saturated heterocycles. The third kappa shape index (κ3) is 3.03. The van der Waals surface area contributed by atoms with E-state index in [0.717, 1.165) is 6.54 Å². The maximum absolute atomic E-state index is 6.21. The molecular formula is C14H22N2S. The summed E-state index contributed by atoms with van der Waals surface area (Å²) in [6.45, 7) is 5.57. The van der Waals surface area contributed by atoms with E-state index < -0.39 is 0 Å². The zero-order chi connectivity index (χ0) is 12.3. The highest BCUT2D eigenvalue weighted by Crippen LogP contribution is 2.29. The van der Waals surface area contributed by atoms with Crippen LogP contribution >= 0.6 is 11.8 Å². The van der Waals surface area contributed by atoms with Gasteiger partial charge in [0, 0.05) is 36.2 Å². The van der Waals surface area contributed by atoms with Gasteiger partial charge >= 0.3 is 0 Å². The standard InChI is InChI=1S/C14H22N2S/c1-11-10-17-9-8-16(11)14(12(2)15)13-6-4-3-5-7-13/h3-7,11-12,14H,8-10,15H2,1-2H3. The van der Waals surface area contributed by atoms with E-state index in [1.165, 1.54) is 17.1 Å². The lowest BCUT2D eigenvalue weighted by Crippen LogP contribution is -2.48. The smallest absolute Gasteiger partial charge is 0.0499 e. The summed E-state index contributed by atoms with van der Waals surface area (Å²) in [6, 6.07) is 11.8. The predicted octanol–water partition coefficient (Wildman–Crippen LogP) is 2.51. The molecule has 2 N–H and O–H groups in total. The van der Waals surface area contributed by atoms with Crippen LogP contribution in [-0.4, -0.2) is 35.0 Å². The molecule has 3 unspecified atom stereocenters. The molecule has 1 heterocycles. The molecule has 1 fully saturated rings. The van der Waals surface area contributed by atoms with E-state index in [1.54, 1.807) is 0 Å². The van der Waals surface area contributed by atoms with E-state index in [9.17, 15) is 0 Å². The molecule has 3 atom stereocenters. The number of nitrogens with two attached hydrogens (primary N) is 1. The van der Waals surface area contributed by atoms with Crippen molar-refractivity contribution in [2.75, 3.05) is 18.1 Å². The van der Waals surface area contributed by atoms with E-state index in [4.69, 9.17) is 5.73 Å². The Morgan fingerprint density at radius 2 is 2.06 bits per heavy atom. The Labute approximate surface area is 109 Å². The second-order valence-electron chi connectivity index (χ2n) is 4.88. The average Bonchev–Trinajstić information content (AvgIpc) is 2.33. The van der Waals surface area contributed by atoms with Crippen LogP contribution < -0.4 is 5.73 Å². The van der Waals surface area contributed by atoms with Crippen LogP contribution in [0.4, 0.5) is 0 Å². The van der Waals surface area contributed by atoms with Gasteiger partial charge in [-0.25, -0.2) is 0 Å². The molecule has 1 aliphatic rings. The molecule has 0 amide bonds. The van der Waals surface area contributed by atoms with Crippen LogP contribution in [0.5, 0.6) is 0 Å². The molecule has 17 heavy (non-hydrogen) atoms. The van der Waals surface area contributed by atoms with Crippen molar-refractivity contribution >= 4 is 11.8 Å². The summed E-state index contributed by atoms with van der Waals surface area (Å²) >= 11 is 2.05. The molecule has 1 aliphatic heterocycles. The van der Waals surface area contributed by atoms with Gasteiger partial charge in [-0.15, -0.1) is 0 Å². The first-order chi connectivity index (χ1) is 8.20. The van der Waals surface area contributed by atoms with Crippen LogP contribution in [0.1, 0.15) is 25.5 Å². The fourth-order valence-corrected chi connectivity index (χ4v) is 3.64. The maximum Gasteiger partial charge on any atom is 0.0499 e. The third-order valence-corrected chi connectivity index (χ3v) is 4.60. The van der Waals surface area contributed by atoms with Crippen LogP contribution in [0.3, 0.4) is 0 Å². The average molecular weight is 250 g/mol.